The van der Waals surface area contributed by atoms with E-state index in [2.05, 4.69) is 0 Å². The Morgan fingerprint density at radius 1 is 1.17 bits per heavy atom. The van der Waals surface area contributed by atoms with E-state index >= 15 is 0 Å². The molecule has 0 radical (unpaired) electrons. The van der Waals surface area contributed by atoms with Gasteiger partial charge < -0.3 is 6.15 Å². The minimum atomic E-state index is 0. The van der Waals surface area contributed by atoms with Crippen molar-refractivity contribution in [1.29, 1.82) is 10.5 Å². The number of nitrogens with zero attached hydrogens (tertiary/aromatic N) is 2. The number of nitriles is 2. The molecule has 0 spiro atoms. The second-order valence-corrected chi connectivity index (χ2v) is 0.867. The Morgan fingerprint density at radius 3 is 1.50 bits per heavy atom. The molecule has 0 amide bonds. The molecule has 0 unspecified atom stereocenters. The Hall–Kier alpha value is -0.541. The third-order valence-electron chi connectivity index (χ3n) is 0.0674. The van der Waals surface area contributed by atoms with Crippen LogP contribution in [-0.2, 0) is 15.0 Å². The van der Waals surface area contributed by atoms with Crippen LogP contribution in [0.2, 0.25) is 0 Å². The van der Waals surface area contributed by atoms with Crippen LogP contribution in [0.3, 0.4) is 0 Å². The third kappa shape index (κ3) is 9.82. The monoisotopic (exact) mass is 132 g/mol. The van der Waals surface area contributed by atoms with Gasteiger partial charge in [0, 0.05) is 0 Å². The molecule has 0 rings (SSSR count). The minimum absolute atomic E-state index is 0. The number of hydrogen-bond acceptors (Lipinski definition) is 3. The summed E-state index contributed by atoms with van der Waals surface area (Å²) in [7, 11) is 0. The van der Waals surface area contributed by atoms with Crippen LogP contribution in [0.5, 0.6) is 0 Å². The quantitative estimate of drug-likeness (QED) is 0.478. The molecular formula is C2H3CuN3. The predicted molar refractivity (Wildman–Crippen MR) is 16.2 cm³/mol. The molecule has 0 aliphatic rings. The standard InChI is InChI=1S/2CN.Cu.H3N/c2*1-2;;/h;;;1H3. The van der Waals surface area contributed by atoms with Crippen LogP contribution in [0, 0.1) is 20.5 Å². The Labute approximate surface area is 42.3 Å². The molecule has 0 aromatic heterocycles. The van der Waals surface area contributed by atoms with Crippen LogP contribution >= 0.6 is 0 Å². The first kappa shape index (κ1) is 9.07. The van der Waals surface area contributed by atoms with Crippen LogP contribution in [0.4, 0.5) is 0 Å². The van der Waals surface area contributed by atoms with Crippen LogP contribution in [0.1, 0.15) is 0 Å². The molecule has 3 N–H and O–H groups in total. The van der Waals surface area contributed by atoms with E-state index in [9.17, 15) is 0 Å². The number of hydrogen-bond donors (Lipinski definition) is 1. The molecule has 37 valence electrons. The van der Waals surface area contributed by atoms with Gasteiger partial charge in [0.25, 0.3) is 0 Å². The van der Waals surface area contributed by atoms with Gasteiger partial charge in [-0.25, -0.2) is 0 Å². The van der Waals surface area contributed by atoms with Gasteiger partial charge in [0.1, 0.15) is 0 Å². The van der Waals surface area contributed by atoms with E-state index in [0.717, 1.165) is 0 Å². The molecule has 0 aliphatic carbocycles. The van der Waals surface area contributed by atoms with E-state index in [-0.39, 0.29) is 6.15 Å². The summed E-state index contributed by atoms with van der Waals surface area (Å²) in [5.41, 5.74) is 0. The summed E-state index contributed by atoms with van der Waals surface area (Å²) in [4.78, 5) is 3.12. The van der Waals surface area contributed by atoms with Crippen molar-refractivity contribution in [1.82, 2.24) is 6.15 Å². The van der Waals surface area contributed by atoms with E-state index < -0.39 is 0 Å². The van der Waals surface area contributed by atoms with Crippen molar-refractivity contribution in [3.8, 4) is 9.94 Å². The SMILES string of the molecule is N.N#[C][Cu][C]#N. The van der Waals surface area contributed by atoms with E-state index in [1.807, 2.05) is 0 Å². The molecule has 0 heterocycles. The van der Waals surface area contributed by atoms with Gasteiger partial charge in [-0.2, -0.15) is 0 Å². The van der Waals surface area contributed by atoms with Crippen molar-refractivity contribution >= 4 is 0 Å². The average molecular weight is 133 g/mol. The Morgan fingerprint density at radius 2 is 1.50 bits per heavy atom. The molecule has 0 saturated heterocycles. The molecular weight excluding hydrogens is 130 g/mol. The summed E-state index contributed by atoms with van der Waals surface area (Å²) < 4.78 is 0. The van der Waals surface area contributed by atoms with Crippen molar-refractivity contribution in [2.24, 2.45) is 0 Å². The summed E-state index contributed by atoms with van der Waals surface area (Å²) in [5.74, 6) is 0. The van der Waals surface area contributed by atoms with Crippen LogP contribution < -0.4 is 6.15 Å². The van der Waals surface area contributed by atoms with Crippen LogP contribution in [-0.4, -0.2) is 0 Å². The van der Waals surface area contributed by atoms with Crippen LogP contribution in [0.15, 0.2) is 0 Å². The molecule has 0 bridgehead atoms. The molecule has 0 fully saturated rings. The fourth-order valence-corrected chi connectivity index (χ4v) is 0.0622. The first-order valence-electron chi connectivity index (χ1n) is 0.749. The van der Waals surface area contributed by atoms with Crippen molar-refractivity contribution < 1.29 is 15.0 Å². The van der Waals surface area contributed by atoms with Crippen molar-refractivity contribution in [2.75, 3.05) is 0 Å². The van der Waals surface area contributed by atoms with E-state index in [0.29, 0.717) is 15.0 Å². The molecule has 0 atom stereocenters. The molecule has 6 heavy (non-hydrogen) atoms. The zero-order valence-corrected chi connectivity index (χ0v) is 3.84. The fraction of sp³-hybridized carbons (Fsp3) is 0. The van der Waals surface area contributed by atoms with Gasteiger partial charge in [0.15, 0.2) is 0 Å². The van der Waals surface area contributed by atoms with Crippen molar-refractivity contribution in [2.45, 2.75) is 0 Å². The van der Waals surface area contributed by atoms with E-state index in [1.165, 1.54) is 0 Å². The zero-order valence-electron chi connectivity index (χ0n) is 2.90. The molecule has 4 heteroatoms. The third-order valence-corrected chi connectivity index (χ3v) is 0.278. The molecule has 3 nitrogen and oxygen atoms in total. The summed E-state index contributed by atoms with van der Waals surface area (Å²) in [6.45, 7) is 0. The fourth-order valence-electron chi connectivity index (χ4n) is 0.0151. The summed E-state index contributed by atoms with van der Waals surface area (Å²) in [6.07, 6.45) is 0. The van der Waals surface area contributed by atoms with E-state index in [1.54, 1.807) is 9.94 Å². The number of rotatable bonds is 0. The zero-order chi connectivity index (χ0) is 4.12. The molecule has 0 saturated carbocycles. The van der Waals surface area contributed by atoms with Gasteiger partial charge in [0.2, 0.25) is 0 Å². The Kier molecular flexibility index (Phi) is 13.3. The Balaban J connectivity index is 0. The molecule has 0 aromatic rings. The topological polar surface area (TPSA) is 82.6 Å². The van der Waals surface area contributed by atoms with Gasteiger partial charge in [-0.3, -0.25) is 0 Å². The second kappa shape index (κ2) is 8.82. The van der Waals surface area contributed by atoms with Gasteiger partial charge >= 0.3 is 35.4 Å². The van der Waals surface area contributed by atoms with Crippen molar-refractivity contribution in [3.05, 3.63) is 0 Å². The Bertz CT molecular complexity index is 73.9. The average Bonchev–Trinajstić information content (AvgIpc) is 1.41. The molecule has 0 aromatic carbocycles. The predicted octanol–water partition coefficient (Wildman–Crippen LogP) is 0.193. The van der Waals surface area contributed by atoms with Gasteiger partial charge in [-0.05, 0) is 0 Å². The summed E-state index contributed by atoms with van der Waals surface area (Å²) in [6, 6.07) is 0. The maximum atomic E-state index is 7.55. The van der Waals surface area contributed by atoms with Gasteiger partial charge in [-0.1, -0.05) is 0 Å². The van der Waals surface area contributed by atoms with Gasteiger partial charge in [0.05, 0.1) is 0 Å². The first-order valence-corrected chi connectivity index (χ1v) is 1.69. The summed E-state index contributed by atoms with van der Waals surface area (Å²) >= 11 is 0.646. The summed E-state index contributed by atoms with van der Waals surface area (Å²) in [5, 5.41) is 15.1. The molecule has 0 aliphatic heterocycles. The maximum absolute atomic E-state index is 7.55. The van der Waals surface area contributed by atoms with Crippen molar-refractivity contribution in [3.63, 3.8) is 0 Å². The van der Waals surface area contributed by atoms with Gasteiger partial charge in [-0.15, -0.1) is 0 Å². The van der Waals surface area contributed by atoms with Crippen LogP contribution in [0.25, 0.3) is 0 Å². The van der Waals surface area contributed by atoms with E-state index in [4.69, 9.17) is 10.5 Å². The first-order chi connectivity index (χ1) is 2.41. The second-order valence-electron chi connectivity index (χ2n) is 0.210. The normalized spacial score (nSPS) is 4.33.